The summed E-state index contributed by atoms with van der Waals surface area (Å²) in [4.78, 5) is 11.3. The van der Waals surface area contributed by atoms with Gasteiger partial charge in [0, 0.05) is 5.54 Å². The summed E-state index contributed by atoms with van der Waals surface area (Å²) in [5.74, 6) is -0.286. The highest BCUT2D eigenvalue weighted by atomic mass is 79.9. The number of esters is 1. The number of rotatable bonds is 3. The van der Waals surface area contributed by atoms with Gasteiger partial charge >= 0.3 is 5.97 Å². The van der Waals surface area contributed by atoms with Crippen molar-refractivity contribution in [3.63, 3.8) is 0 Å². The van der Waals surface area contributed by atoms with Gasteiger partial charge in [-0.15, -0.1) is 0 Å². The van der Waals surface area contributed by atoms with Crippen molar-refractivity contribution >= 4 is 33.5 Å². The van der Waals surface area contributed by atoms with Crippen LogP contribution in [0.15, 0.2) is 21.3 Å². The van der Waals surface area contributed by atoms with E-state index in [9.17, 15) is 9.90 Å². The molecule has 1 aliphatic rings. The highest BCUT2D eigenvalue weighted by Gasteiger charge is 2.32. The Morgan fingerprint density at radius 2 is 2.36 bits per heavy atom. The first-order chi connectivity index (χ1) is 6.61. The number of carbonyl (C=O) groups excluding carboxylic acids is 1. The molecule has 1 heterocycles. The van der Waals surface area contributed by atoms with Gasteiger partial charge in [0.05, 0.1) is 16.2 Å². The molecule has 5 heteroatoms. The Labute approximate surface area is 95.5 Å². The van der Waals surface area contributed by atoms with Gasteiger partial charge < -0.3 is 9.84 Å². The summed E-state index contributed by atoms with van der Waals surface area (Å²) in [6, 6.07) is 0. The summed E-state index contributed by atoms with van der Waals surface area (Å²) in [5, 5.41) is 9.64. The van der Waals surface area contributed by atoms with Gasteiger partial charge in [-0.2, -0.15) is 0 Å². The normalized spacial score (nSPS) is 21.7. The summed E-state index contributed by atoms with van der Waals surface area (Å²) in [6.45, 7) is 1.93. The Balaban J connectivity index is 2.95. The maximum absolute atomic E-state index is 11.3. The number of hydrogen-bond acceptors (Lipinski definition) is 3. The Morgan fingerprint density at radius 3 is 2.79 bits per heavy atom. The summed E-state index contributed by atoms with van der Waals surface area (Å²) in [7, 11) is 0. The van der Waals surface area contributed by atoms with Crippen LogP contribution in [0.4, 0.5) is 0 Å². The highest BCUT2D eigenvalue weighted by Crippen LogP contribution is 2.34. The number of cyclic esters (lactones) is 1. The predicted molar refractivity (Wildman–Crippen MR) is 56.9 cm³/mol. The van der Waals surface area contributed by atoms with Crippen molar-refractivity contribution in [1.29, 1.82) is 0 Å². The van der Waals surface area contributed by atoms with Gasteiger partial charge in [0.25, 0.3) is 0 Å². The molecule has 0 bridgehead atoms. The topological polar surface area (TPSA) is 46.5 Å². The van der Waals surface area contributed by atoms with Crippen molar-refractivity contribution < 1.29 is 14.6 Å². The molecule has 0 aromatic heterocycles. The number of hydrogen-bond donors (Lipinski definition) is 1. The van der Waals surface area contributed by atoms with Gasteiger partial charge in [-0.3, -0.25) is 0 Å². The second kappa shape index (κ2) is 4.96. The molecule has 3 nitrogen and oxygen atoms in total. The zero-order valence-corrected chi connectivity index (χ0v) is 9.93. The summed E-state index contributed by atoms with van der Waals surface area (Å²) in [5.41, 5.74) is 1.41. The van der Waals surface area contributed by atoms with Crippen molar-refractivity contribution in [3.05, 3.63) is 21.3 Å². The second-order valence-corrected chi connectivity index (χ2v) is 3.91. The van der Waals surface area contributed by atoms with E-state index in [1.165, 1.54) is 0 Å². The SMILES string of the molecule is CCC[C@@H](O)C1=C(Br)/C(=C/Cl)OC1=O. The van der Waals surface area contributed by atoms with Gasteiger partial charge in [-0.25, -0.2) is 4.79 Å². The molecule has 0 aromatic carbocycles. The Hall–Kier alpha value is -0.320. The van der Waals surface area contributed by atoms with E-state index in [4.69, 9.17) is 16.3 Å². The number of aliphatic hydroxyl groups excluding tert-OH is 1. The molecule has 0 unspecified atom stereocenters. The molecule has 0 saturated carbocycles. The summed E-state index contributed by atoms with van der Waals surface area (Å²) in [6.07, 6.45) is 0.517. The molecule has 0 aromatic rings. The fourth-order valence-electron chi connectivity index (χ4n) is 1.19. The monoisotopic (exact) mass is 280 g/mol. The number of aliphatic hydroxyl groups is 1. The van der Waals surface area contributed by atoms with Gasteiger partial charge in [0.15, 0.2) is 5.76 Å². The lowest BCUT2D eigenvalue weighted by molar-refractivity contribution is -0.134. The van der Waals surface area contributed by atoms with Crippen molar-refractivity contribution in [1.82, 2.24) is 0 Å². The third-order valence-electron chi connectivity index (χ3n) is 1.87. The molecule has 14 heavy (non-hydrogen) atoms. The molecule has 0 saturated heterocycles. The van der Waals surface area contributed by atoms with E-state index in [0.717, 1.165) is 12.0 Å². The molecular weight excluding hydrogens is 271 g/mol. The zero-order chi connectivity index (χ0) is 10.7. The molecular formula is C9H10BrClO3. The first kappa shape index (κ1) is 11.8. The molecule has 0 amide bonds. The standard InChI is InChI=1S/C9H10BrClO3/c1-2-3-5(12)7-8(10)6(4-11)14-9(7)13/h4-5,12H,2-3H2,1H3/b6-4-/t5-/m1/s1. The molecule has 1 rings (SSSR count). The first-order valence-corrected chi connectivity index (χ1v) is 5.45. The molecule has 0 spiro atoms. The molecule has 1 atom stereocenters. The Kier molecular flexibility index (Phi) is 4.16. The van der Waals surface area contributed by atoms with Crippen LogP contribution < -0.4 is 0 Å². The van der Waals surface area contributed by atoms with Crippen LogP contribution in [0.1, 0.15) is 19.8 Å². The lowest BCUT2D eigenvalue weighted by Crippen LogP contribution is -2.15. The van der Waals surface area contributed by atoms with E-state index < -0.39 is 12.1 Å². The van der Waals surface area contributed by atoms with Gasteiger partial charge in [0.1, 0.15) is 0 Å². The molecule has 0 radical (unpaired) electrons. The minimum atomic E-state index is -0.795. The van der Waals surface area contributed by atoms with Crippen molar-refractivity contribution in [3.8, 4) is 0 Å². The van der Waals surface area contributed by atoms with Crippen molar-refractivity contribution in [2.24, 2.45) is 0 Å². The average molecular weight is 282 g/mol. The number of carbonyl (C=O) groups is 1. The maximum atomic E-state index is 11.3. The summed E-state index contributed by atoms with van der Waals surface area (Å²) < 4.78 is 5.26. The van der Waals surface area contributed by atoms with Crippen LogP contribution in [-0.4, -0.2) is 17.2 Å². The Bertz CT molecular complexity index is 309. The fourth-order valence-corrected chi connectivity index (χ4v) is 2.10. The number of ether oxygens (including phenoxy) is 1. The Morgan fingerprint density at radius 1 is 1.71 bits per heavy atom. The minimum absolute atomic E-state index is 0.249. The smallest absolute Gasteiger partial charge is 0.343 e. The minimum Gasteiger partial charge on any atom is -0.421 e. The van der Waals surface area contributed by atoms with Crippen molar-refractivity contribution in [2.45, 2.75) is 25.9 Å². The lowest BCUT2D eigenvalue weighted by Gasteiger charge is -2.07. The summed E-state index contributed by atoms with van der Waals surface area (Å²) >= 11 is 8.59. The van der Waals surface area contributed by atoms with E-state index in [-0.39, 0.29) is 11.3 Å². The van der Waals surface area contributed by atoms with E-state index in [1.54, 1.807) is 0 Å². The fraction of sp³-hybridized carbons (Fsp3) is 0.444. The third kappa shape index (κ3) is 2.19. The van der Waals surface area contributed by atoms with Crippen LogP contribution in [0, 0.1) is 0 Å². The van der Waals surface area contributed by atoms with Crippen LogP contribution in [-0.2, 0) is 9.53 Å². The first-order valence-electron chi connectivity index (χ1n) is 4.22. The van der Waals surface area contributed by atoms with Crippen molar-refractivity contribution in [2.75, 3.05) is 0 Å². The highest BCUT2D eigenvalue weighted by molar-refractivity contribution is 9.12. The molecule has 78 valence electrons. The largest absolute Gasteiger partial charge is 0.421 e. The zero-order valence-electron chi connectivity index (χ0n) is 7.59. The van der Waals surface area contributed by atoms with E-state index in [0.29, 0.717) is 10.9 Å². The maximum Gasteiger partial charge on any atom is 0.343 e. The molecule has 1 N–H and O–H groups in total. The van der Waals surface area contributed by atoms with Gasteiger partial charge in [0.2, 0.25) is 0 Å². The molecule has 0 aliphatic carbocycles. The van der Waals surface area contributed by atoms with Crippen LogP contribution in [0.2, 0.25) is 0 Å². The predicted octanol–water partition coefficient (Wildman–Crippen LogP) is 2.43. The molecule has 1 aliphatic heterocycles. The van der Waals surface area contributed by atoms with Gasteiger partial charge in [-0.1, -0.05) is 24.9 Å². The number of halogens is 2. The number of allylic oxidation sites excluding steroid dienone is 1. The van der Waals surface area contributed by atoms with E-state index in [1.807, 2.05) is 6.92 Å². The average Bonchev–Trinajstić information content (AvgIpc) is 2.41. The van der Waals surface area contributed by atoms with Crippen LogP contribution >= 0.6 is 27.5 Å². The lowest BCUT2D eigenvalue weighted by atomic mass is 10.1. The van der Waals surface area contributed by atoms with Crippen LogP contribution in [0.5, 0.6) is 0 Å². The third-order valence-corrected chi connectivity index (χ3v) is 2.89. The quantitative estimate of drug-likeness (QED) is 0.808. The van der Waals surface area contributed by atoms with Gasteiger partial charge in [-0.05, 0) is 22.4 Å². The van der Waals surface area contributed by atoms with Crippen LogP contribution in [0.25, 0.3) is 0 Å². The van der Waals surface area contributed by atoms with Crippen LogP contribution in [0.3, 0.4) is 0 Å². The second-order valence-electron chi connectivity index (χ2n) is 2.90. The van der Waals surface area contributed by atoms with E-state index >= 15 is 0 Å². The van der Waals surface area contributed by atoms with E-state index in [2.05, 4.69) is 15.9 Å². The molecule has 0 fully saturated rings.